The summed E-state index contributed by atoms with van der Waals surface area (Å²) >= 11 is 7.91. The zero-order chi connectivity index (χ0) is 36.4. The quantitative estimate of drug-likeness (QED) is 0.293. The summed E-state index contributed by atoms with van der Waals surface area (Å²) < 4.78 is 2.04. The van der Waals surface area contributed by atoms with Crippen LogP contribution in [0.3, 0.4) is 0 Å². The van der Waals surface area contributed by atoms with Crippen molar-refractivity contribution in [3.05, 3.63) is 97.4 Å². The second-order valence-electron chi connectivity index (χ2n) is 13.6. The Kier molecular flexibility index (Phi) is 8.63. The number of aliphatic imine (C=N–C) groups is 1. The van der Waals surface area contributed by atoms with E-state index in [4.69, 9.17) is 16.6 Å². The van der Waals surface area contributed by atoms with Crippen LogP contribution in [0.5, 0.6) is 0 Å². The number of hydrogen-bond acceptors (Lipinski definition) is 10. The van der Waals surface area contributed by atoms with Crippen molar-refractivity contribution in [3.8, 4) is 5.00 Å². The van der Waals surface area contributed by atoms with Gasteiger partial charge in [0.05, 0.1) is 23.3 Å². The van der Waals surface area contributed by atoms with Crippen molar-refractivity contribution in [1.82, 2.24) is 34.8 Å². The molecule has 0 spiro atoms. The highest BCUT2D eigenvalue weighted by Crippen LogP contribution is 2.40. The number of piperazine rings is 1. The number of benzene rings is 2. The molecule has 15 heteroatoms. The van der Waals surface area contributed by atoms with E-state index >= 15 is 0 Å². The molecule has 2 fully saturated rings. The van der Waals surface area contributed by atoms with Gasteiger partial charge in [0.25, 0.3) is 11.8 Å². The Morgan fingerprint density at radius 3 is 2.40 bits per heavy atom. The number of aromatic nitrogens is 3. The van der Waals surface area contributed by atoms with Gasteiger partial charge in [-0.15, -0.1) is 21.5 Å². The number of thiophene rings is 1. The SMILES string of the molecule is Cc1sc2c(c1C)C(c1ccc(Cl)cc1)=N[C@@H](CC(=O)N1CCN(Cc3ccc4c(c3)C(=O)N(C3CCC(=O)NC3=O)C4=O)CC1)c1nnc(C)n1-2. The summed E-state index contributed by atoms with van der Waals surface area (Å²) in [6, 6.07) is 11.2. The number of imide groups is 2. The molecule has 266 valence electrons. The van der Waals surface area contributed by atoms with E-state index in [1.54, 1.807) is 23.5 Å². The van der Waals surface area contributed by atoms with Gasteiger partial charge in [-0.3, -0.25) is 48.6 Å². The normalized spacial score (nSPS) is 20.3. The number of aryl methyl sites for hydroxylation is 2. The minimum absolute atomic E-state index is 0.0237. The Bertz CT molecular complexity index is 2220. The molecule has 8 rings (SSSR count). The van der Waals surface area contributed by atoms with Crippen molar-refractivity contribution < 1.29 is 24.0 Å². The van der Waals surface area contributed by atoms with Gasteiger partial charge in [0.1, 0.15) is 22.9 Å². The third-order valence-electron chi connectivity index (χ3n) is 10.4. The Labute approximate surface area is 308 Å². The van der Waals surface area contributed by atoms with Crippen molar-refractivity contribution in [2.24, 2.45) is 4.99 Å². The van der Waals surface area contributed by atoms with Gasteiger partial charge in [0.2, 0.25) is 17.7 Å². The number of nitrogens with zero attached hydrogens (tertiary/aromatic N) is 7. The Balaban J connectivity index is 0.965. The van der Waals surface area contributed by atoms with Crippen LogP contribution < -0.4 is 5.32 Å². The lowest BCUT2D eigenvalue weighted by atomic mass is 9.99. The number of amides is 5. The lowest BCUT2D eigenvalue weighted by molar-refractivity contribution is -0.136. The van der Waals surface area contributed by atoms with Crippen LogP contribution in [0.4, 0.5) is 0 Å². The fourth-order valence-electron chi connectivity index (χ4n) is 7.46. The molecule has 0 saturated carbocycles. The molecule has 1 N–H and O–H groups in total. The summed E-state index contributed by atoms with van der Waals surface area (Å²) in [5, 5.41) is 12.8. The van der Waals surface area contributed by atoms with Crippen molar-refractivity contribution in [2.75, 3.05) is 26.2 Å². The lowest BCUT2D eigenvalue weighted by Gasteiger charge is -2.35. The molecule has 2 aromatic heterocycles. The maximum Gasteiger partial charge on any atom is 0.262 e. The minimum Gasteiger partial charge on any atom is -0.340 e. The van der Waals surface area contributed by atoms with E-state index in [2.05, 4.69) is 34.3 Å². The van der Waals surface area contributed by atoms with Crippen molar-refractivity contribution in [3.63, 3.8) is 0 Å². The summed E-state index contributed by atoms with van der Waals surface area (Å²) in [6.07, 6.45) is 0.308. The Morgan fingerprint density at radius 2 is 1.67 bits per heavy atom. The predicted molar refractivity (Wildman–Crippen MR) is 193 cm³/mol. The summed E-state index contributed by atoms with van der Waals surface area (Å²) in [6.45, 7) is 8.90. The van der Waals surface area contributed by atoms with E-state index in [1.165, 1.54) is 4.88 Å². The van der Waals surface area contributed by atoms with Crippen LogP contribution in [-0.2, 0) is 20.9 Å². The topological polar surface area (TPSA) is 150 Å². The highest BCUT2D eigenvalue weighted by Gasteiger charge is 2.44. The highest BCUT2D eigenvalue weighted by molar-refractivity contribution is 7.15. The van der Waals surface area contributed by atoms with E-state index < -0.39 is 35.7 Å². The van der Waals surface area contributed by atoms with E-state index in [0.29, 0.717) is 43.6 Å². The van der Waals surface area contributed by atoms with Crippen LogP contribution in [0, 0.1) is 20.8 Å². The molecule has 2 atom stereocenters. The molecular formula is C37H35ClN8O5S. The number of hydrogen-bond donors (Lipinski definition) is 1. The zero-order valence-electron chi connectivity index (χ0n) is 28.8. The molecule has 5 amide bonds. The van der Waals surface area contributed by atoms with E-state index in [9.17, 15) is 24.0 Å². The second-order valence-corrected chi connectivity index (χ2v) is 15.2. The molecule has 0 radical (unpaired) electrons. The van der Waals surface area contributed by atoms with Crippen LogP contribution in [0.2, 0.25) is 5.02 Å². The van der Waals surface area contributed by atoms with E-state index in [-0.39, 0.29) is 36.3 Å². The lowest BCUT2D eigenvalue weighted by Crippen LogP contribution is -2.54. The molecule has 2 aromatic carbocycles. The van der Waals surface area contributed by atoms with Gasteiger partial charge in [-0.25, -0.2) is 0 Å². The highest BCUT2D eigenvalue weighted by atomic mass is 35.5. The first-order valence-electron chi connectivity index (χ1n) is 17.2. The van der Waals surface area contributed by atoms with Crippen LogP contribution in [0.25, 0.3) is 5.00 Å². The number of rotatable bonds is 6. The zero-order valence-corrected chi connectivity index (χ0v) is 30.4. The van der Waals surface area contributed by atoms with Crippen molar-refractivity contribution >= 4 is 58.2 Å². The van der Waals surface area contributed by atoms with Crippen LogP contribution in [0.1, 0.15) is 84.8 Å². The number of halogens is 1. The summed E-state index contributed by atoms with van der Waals surface area (Å²) in [5.41, 5.74) is 5.21. The number of nitrogens with one attached hydrogen (secondary N) is 1. The molecular weight excluding hydrogens is 704 g/mol. The van der Waals surface area contributed by atoms with Crippen LogP contribution >= 0.6 is 22.9 Å². The second kappa shape index (κ2) is 13.2. The number of piperidine rings is 1. The van der Waals surface area contributed by atoms with Gasteiger partial charge in [-0.2, -0.15) is 0 Å². The molecule has 1 unspecified atom stereocenters. The third-order valence-corrected chi connectivity index (χ3v) is 11.8. The summed E-state index contributed by atoms with van der Waals surface area (Å²) in [7, 11) is 0. The number of carbonyl (C=O) groups is 5. The van der Waals surface area contributed by atoms with Crippen molar-refractivity contribution in [1.29, 1.82) is 0 Å². The molecule has 6 heterocycles. The van der Waals surface area contributed by atoms with Gasteiger partial charge < -0.3 is 4.90 Å². The van der Waals surface area contributed by atoms with Gasteiger partial charge in [0.15, 0.2) is 5.82 Å². The first-order chi connectivity index (χ1) is 25.0. The van der Waals surface area contributed by atoms with Crippen molar-refractivity contribution in [2.45, 2.75) is 58.7 Å². The molecule has 2 saturated heterocycles. The maximum atomic E-state index is 13.9. The molecule has 13 nitrogen and oxygen atoms in total. The van der Waals surface area contributed by atoms with Gasteiger partial charge in [-0.05, 0) is 62.6 Å². The maximum absolute atomic E-state index is 13.9. The molecule has 52 heavy (non-hydrogen) atoms. The monoisotopic (exact) mass is 738 g/mol. The number of fused-ring (bicyclic) bond motifs is 4. The van der Waals surface area contributed by atoms with E-state index in [0.717, 1.165) is 43.7 Å². The Morgan fingerprint density at radius 1 is 0.942 bits per heavy atom. The van der Waals surface area contributed by atoms with Gasteiger partial charge in [0, 0.05) is 60.2 Å². The van der Waals surface area contributed by atoms with Crippen LogP contribution in [0.15, 0.2) is 47.5 Å². The fourth-order valence-corrected chi connectivity index (χ4v) is 8.80. The summed E-state index contributed by atoms with van der Waals surface area (Å²) in [5.74, 6) is -0.757. The average Bonchev–Trinajstić information content (AvgIpc) is 3.69. The minimum atomic E-state index is -1.01. The largest absolute Gasteiger partial charge is 0.340 e. The van der Waals surface area contributed by atoms with Crippen LogP contribution in [-0.4, -0.2) is 96.9 Å². The molecule has 0 bridgehead atoms. The molecule has 4 aliphatic rings. The molecule has 0 aliphatic carbocycles. The summed E-state index contributed by atoms with van der Waals surface area (Å²) in [4.78, 5) is 75.8. The van der Waals surface area contributed by atoms with Gasteiger partial charge >= 0.3 is 0 Å². The first kappa shape index (κ1) is 34.1. The third kappa shape index (κ3) is 5.84. The Hall–Kier alpha value is -5.05. The smallest absolute Gasteiger partial charge is 0.262 e. The van der Waals surface area contributed by atoms with E-state index in [1.807, 2.05) is 46.7 Å². The molecule has 4 aliphatic heterocycles. The fraction of sp³-hybridized carbons (Fsp3) is 0.351. The molecule has 4 aromatic rings. The average molecular weight is 739 g/mol. The standard InChI is InChI=1S/C37H35ClN8O5S/c1-19-20(2)52-37-31(19)32(23-5-7-24(38)8-6-23)39-27(33-42-41-21(3)45(33)37)17-30(48)44-14-12-43(13-15-44)18-22-4-9-25-26(16-22)36(51)46(35(25)50)28-10-11-29(47)40-34(28)49/h4-9,16,27-28H,10-15,17-18H2,1-3H3,(H,40,47,49)/t27-,28?/m0/s1. The first-order valence-corrected chi connectivity index (χ1v) is 18.4. The van der Waals surface area contributed by atoms with Gasteiger partial charge in [-0.1, -0.05) is 29.8 Å². The number of carbonyl (C=O) groups excluding carboxylic acids is 5. The predicted octanol–water partition coefficient (Wildman–Crippen LogP) is 3.94.